The van der Waals surface area contributed by atoms with Crippen LogP contribution in [0.5, 0.6) is 0 Å². The molecule has 0 saturated heterocycles. The zero-order chi connectivity index (χ0) is 10.0. The number of aryl methyl sites for hydroxylation is 2. The van der Waals surface area contributed by atoms with E-state index in [2.05, 4.69) is 6.58 Å². The van der Waals surface area contributed by atoms with Crippen LogP contribution >= 0.6 is 0 Å². The van der Waals surface area contributed by atoms with Gasteiger partial charge in [0.05, 0.1) is 5.57 Å². The minimum atomic E-state index is -0.969. The largest absolute Gasteiger partial charge is 0.478 e. The van der Waals surface area contributed by atoms with Gasteiger partial charge in [-0.15, -0.1) is 0 Å². The van der Waals surface area contributed by atoms with Crippen molar-refractivity contribution in [3.63, 3.8) is 0 Å². The topological polar surface area (TPSA) is 37.3 Å². The van der Waals surface area contributed by atoms with Gasteiger partial charge in [0.2, 0.25) is 0 Å². The molecule has 1 aromatic carbocycles. The predicted octanol–water partition coefficient (Wildman–Crippen LogP) is 2.40. The van der Waals surface area contributed by atoms with Crippen molar-refractivity contribution in [1.29, 1.82) is 0 Å². The summed E-state index contributed by atoms with van der Waals surface area (Å²) in [7, 11) is 0. The Kier molecular flexibility index (Phi) is 2.52. The molecule has 0 saturated carbocycles. The molecule has 1 N–H and O–H groups in total. The van der Waals surface area contributed by atoms with Gasteiger partial charge in [0.15, 0.2) is 0 Å². The lowest BCUT2D eigenvalue weighted by Crippen LogP contribution is -1.98. The van der Waals surface area contributed by atoms with Crippen molar-refractivity contribution in [2.45, 2.75) is 13.8 Å². The Morgan fingerprint density at radius 3 is 2.38 bits per heavy atom. The first-order valence-corrected chi connectivity index (χ1v) is 4.02. The molecule has 2 heteroatoms. The van der Waals surface area contributed by atoms with E-state index in [-0.39, 0.29) is 5.57 Å². The van der Waals surface area contributed by atoms with Crippen molar-refractivity contribution in [1.82, 2.24) is 0 Å². The van der Waals surface area contributed by atoms with Crippen molar-refractivity contribution >= 4 is 11.5 Å². The van der Waals surface area contributed by atoms with Crippen LogP contribution in [0.15, 0.2) is 24.8 Å². The van der Waals surface area contributed by atoms with E-state index in [0.29, 0.717) is 5.56 Å². The molecule has 0 bridgehead atoms. The van der Waals surface area contributed by atoms with Crippen molar-refractivity contribution in [3.8, 4) is 0 Å². The molecule has 2 nitrogen and oxygen atoms in total. The Bertz CT molecular complexity index is 364. The SMILES string of the molecule is C=C(C(=O)O)c1ccc(C)c(C)c1. The summed E-state index contributed by atoms with van der Waals surface area (Å²) in [5.74, 6) is -0.969. The third-order valence-electron chi connectivity index (χ3n) is 2.11. The van der Waals surface area contributed by atoms with Crippen molar-refractivity contribution in [2.75, 3.05) is 0 Å². The highest BCUT2D eigenvalue weighted by atomic mass is 16.4. The Labute approximate surface area is 77.5 Å². The second-order valence-corrected chi connectivity index (χ2v) is 3.08. The fourth-order valence-corrected chi connectivity index (χ4v) is 1.05. The van der Waals surface area contributed by atoms with Crippen LogP contribution in [0.1, 0.15) is 16.7 Å². The average Bonchev–Trinajstić information content (AvgIpc) is 2.08. The summed E-state index contributed by atoms with van der Waals surface area (Å²) >= 11 is 0. The molecule has 0 aromatic heterocycles. The molecule has 0 atom stereocenters. The zero-order valence-corrected chi connectivity index (χ0v) is 7.79. The standard InChI is InChI=1S/C11H12O2/c1-7-4-5-10(6-8(7)2)9(3)11(12)13/h4-6H,3H2,1-2H3,(H,12,13). The number of rotatable bonds is 2. The summed E-state index contributed by atoms with van der Waals surface area (Å²) in [6, 6.07) is 5.52. The lowest BCUT2D eigenvalue weighted by molar-refractivity contribution is -0.130. The highest BCUT2D eigenvalue weighted by Crippen LogP contribution is 2.16. The lowest BCUT2D eigenvalue weighted by Gasteiger charge is -2.04. The second-order valence-electron chi connectivity index (χ2n) is 3.08. The zero-order valence-electron chi connectivity index (χ0n) is 7.79. The smallest absolute Gasteiger partial charge is 0.335 e. The van der Waals surface area contributed by atoms with E-state index < -0.39 is 5.97 Å². The van der Waals surface area contributed by atoms with Gasteiger partial charge in [-0.3, -0.25) is 0 Å². The quantitative estimate of drug-likeness (QED) is 0.702. The lowest BCUT2D eigenvalue weighted by atomic mass is 10.0. The van der Waals surface area contributed by atoms with Crippen molar-refractivity contribution in [3.05, 3.63) is 41.5 Å². The average molecular weight is 176 g/mol. The van der Waals surface area contributed by atoms with Crippen LogP contribution in [0.4, 0.5) is 0 Å². The number of carboxylic acid groups (broad SMARTS) is 1. The van der Waals surface area contributed by atoms with E-state index in [1.807, 2.05) is 26.0 Å². The van der Waals surface area contributed by atoms with Gasteiger partial charge in [-0.25, -0.2) is 4.79 Å². The Morgan fingerprint density at radius 1 is 1.31 bits per heavy atom. The number of hydrogen-bond acceptors (Lipinski definition) is 1. The molecule has 1 aromatic rings. The van der Waals surface area contributed by atoms with Crippen molar-refractivity contribution in [2.24, 2.45) is 0 Å². The molecule has 0 fully saturated rings. The van der Waals surface area contributed by atoms with Gasteiger partial charge in [0.25, 0.3) is 0 Å². The van der Waals surface area contributed by atoms with E-state index in [1.165, 1.54) is 0 Å². The van der Waals surface area contributed by atoms with Crippen molar-refractivity contribution < 1.29 is 9.90 Å². The third-order valence-corrected chi connectivity index (χ3v) is 2.11. The van der Waals surface area contributed by atoms with Gasteiger partial charge in [-0.2, -0.15) is 0 Å². The molecule has 0 radical (unpaired) electrons. The molecular weight excluding hydrogens is 164 g/mol. The first kappa shape index (κ1) is 9.52. The maximum atomic E-state index is 10.6. The summed E-state index contributed by atoms with van der Waals surface area (Å²) in [6.07, 6.45) is 0. The van der Waals surface area contributed by atoms with Crippen LogP contribution in [0, 0.1) is 13.8 Å². The van der Waals surface area contributed by atoms with Crippen LogP contribution in [-0.2, 0) is 4.79 Å². The number of hydrogen-bond donors (Lipinski definition) is 1. The summed E-state index contributed by atoms with van der Waals surface area (Å²) in [4.78, 5) is 10.6. The molecule has 1 rings (SSSR count). The molecule has 0 amide bonds. The van der Waals surface area contributed by atoms with Gasteiger partial charge < -0.3 is 5.11 Å². The second kappa shape index (κ2) is 3.44. The minimum Gasteiger partial charge on any atom is -0.478 e. The van der Waals surface area contributed by atoms with Gasteiger partial charge in [-0.05, 0) is 30.5 Å². The third kappa shape index (κ3) is 1.96. The van der Waals surface area contributed by atoms with E-state index in [0.717, 1.165) is 11.1 Å². The Morgan fingerprint density at radius 2 is 1.92 bits per heavy atom. The summed E-state index contributed by atoms with van der Waals surface area (Å²) < 4.78 is 0. The van der Waals surface area contributed by atoms with Crippen LogP contribution in [0.2, 0.25) is 0 Å². The van der Waals surface area contributed by atoms with E-state index in [9.17, 15) is 4.79 Å². The number of carbonyl (C=O) groups is 1. The highest BCUT2D eigenvalue weighted by molar-refractivity contribution is 6.14. The van der Waals surface area contributed by atoms with Gasteiger partial charge in [-0.1, -0.05) is 24.8 Å². The molecule has 68 valence electrons. The molecule has 13 heavy (non-hydrogen) atoms. The van der Waals surface area contributed by atoms with Crippen LogP contribution < -0.4 is 0 Å². The Balaban J connectivity index is 3.11. The summed E-state index contributed by atoms with van der Waals surface area (Å²) in [5.41, 5.74) is 3.06. The van der Waals surface area contributed by atoms with Gasteiger partial charge in [0, 0.05) is 0 Å². The number of aliphatic carboxylic acids is 1. The molecule has 0 aliphatic carbocycles. The first-order chi connectivity index (χ1) is 6.02. The normalized spacial score (nSPS) is 9.69. The van der Waals surface area contributed by atoms with E-state index in [1.54, 1.807) is 6.07 Å². The maximum Gasteiger partial charge on any atom is 0.335 e. The van der Waals surface area contributed by atoms with E-state index in [4.69, 9.17) is 5.11 Å². The molecule has 0 heterocycles. The Hall–Kier alpha value is -1.57. The van der Waals surface area contributed by atoms with Crippen LogP contribution in [0.25, 0.3) is 5.57 Å². The first-order valence-electron chi connectivity index (χ1n) is 4.02. The fraction of sp³-hybridized carbons (Fsp3) is 0.182. The fourth-order valence-electron chi connectivity index (χ4n) is 1.05. The molecule has 0 aliphatic heterocycles. The molecular formula is C11H12O2. The van der Waals surface area contributed by atoms with Crippen LogP contribution in [0.3, 0.4) is 0 Å². The van der Waals surface area contributed by atoms with Gasteiger partial charge in [0.1, 0.15) is 0 Å². The number of benzene rings is 1. The van der Waals surface area contributed by atoms with Gasteiger partial charge >= 0.3 is 5.97 Å². The summed E-state index contributed by atoms with van der Waals surface area (Å²) in [6.45, 7) is 7.44. The van der Waals surface area contributed by atoms with E-state index >= 15 is 0 Å². The molecule has 0 aliphatic rings. The maximum absolute atomic E-state index is 10.6. The molecule has 0 unspecified atom stereocenters. The number of carboxylic acids is 1. The monoisotopic (exact) mass is 176 g/mol. The predicted molar refractivity (Wildman–Crippen MR) is 52.6 cm³/mol. The molecule has 0 spiro atoms. The summed E-state index contributed by atoms with van der Waals surface area (Å²) in [5, 5.41) is 8.70. The van der Waals surface area contributed by atoms with Crippen LogP contribution in [-0.4, -0.2) is 11.1 Å². The minimum absolute atomic E-state index is 0.142. The highest BCUT2D eigenvalue weighted by Gasteiger charge is 2.07.